The van der Waals surface area contributed by atoms with Crippen molar-refractivity contribution >= 4 is 17.4 Å². The van der Waals surface area contributed by atoms with Crippen LogP contribution in [-0.4, -0.2) is 11.7 Å². The molecule has 0 saturated heterocycles. The smallest absolute Gasteiger partial charge is 0.228 e. The van der Waals surface area contributed by atoms with Gasteiger partial charge in [-0.25, -0.2) is 0 Å². The van der Waals surface area contributed by atoms with Gasteiger partial charge in [-0.2, -0.15) is 0 Å². The van der Waals surface area contributed by atoms with Crippen LogP contribution in [0.2, 0.25) is 0 Å². The Morgan fingerprint density at radius 3 is 2.29 bits per heavy atom. The van der Waals surface area contributed by atoms with E-state index in [0.29, 0.717) is 17.7 Å². The van der Waals surface area contributed by atoms with E-state index < -0.39 is 0 Å². The molecule has 0 aliphatic rings. The van der Waals surface area contributed by atoms with Gasteiger partial charge >= 0.3 is 0 Å². The first kappa shape index (κ1) is 15.0. The lowest BCUT2D eigenvalue weighted by Gasteiger charge is -2.07. The zero-order valence-corrected chi connectivity index (χ0v) is 12.3. The van der Waals surface area contributed by atoms with Crippen molar-refractivity contribution in [2.75, 3.05) is 5.32 Å². The molecule has 1 amide bonds. The molecule has 0 bridgehead atoms. The van der Waals surface area contributed by atoms with Gasteiger partial charge in [-0.15, -0.1) is 0 Å². The van der Waals surface area contributed by atoms with Crippen molar-refractivity contribution in [3.8, 4) is 0 Å². The standard InChI is InChI=1S/C18H19NO2/c1-3-14-7-9-15(10-8-14)11-18(21)19-17-6-4-5-16(12-17)13(2)20/h4-10,12H,3,11H2,1-2H3,(H,19,21). The molecule has 0 fully saturated rings. The zero-order chi connectivity index (χ0) is 15.2. The lowest BCUT2D eigenvalue weighted by atomic mass is 10.1. The van der Waals surface area contributed by atoms with Crippen molar-refractivity contribution < 1.29 is 9.59 Å². The molecule has 3 heteroatoms. The molecular formula is C18H19NO2. The van der Waals surface area contributed by atoms with Gasteiger partial charge in [0.2, 0.25) is 5.91 Å². The third-order valence-electron chi connectivity index (χ3n) is 3.35. The summed E-state index contributed by atoms with van der Waals surface area (Å²) in [5.74, 6) is -0.0961. The Morgan fingerprint density at radius 1 is 1.00 bits per heavy atom. The van der Waals surface area contributed by atoms with Crippen molar-refractivity contribution in [3.63, 3.8) is 0 Å². The number of hydrogen-bond donors (Lipinski definition) is 1. The Labute approximate surface area is 125 Å². The van der Waals surface area contributed by atoms with Crippen LogP contribution in [0.4, 0.5) is 5.69 Å². The van der Waals surface area contributed by atoms with Crippen LogP contribution in [0.25, 0.3) is 0 Å². The lowest BCUT2D eigenvalue weighted by molar-refractivity contribution is -0.115. The minimum atomic E-state index is -0.0834. The minimum absolute atomic E-state index is 0.0127. The van der Waals surface area contributed by atoms with E-state index in [0.717, 1.165) is 12.0 Å². The Hall–Kier alpha value is -2.42. The Bertz CT molecular complexity index is 645. The molecule has 0 spiro atoms. The van der Waals surface area contributed by atoms with Crippen LogP contribution in [-0.2, 0) is 17.6 Å². The molecule has 2 rings (SSSR count). The van der Waals surface area contributed by atoms with Crippen molar-refractivity contribution in [1.82, 2.24) is 0 Å². The molecular weight excluding hydrogens is 262 g/mol. The molecule has 2 aromatic carbocycles. The molecule has 3 nitrogen and oxygen atoms in total. The normalized spacial score (nSPS) is 10.2. The van der Waals surface area contributed by atoms with Crippen molar-refractivity contribution in [3.05, 3.63) is 65.2 Å². The number of anilines is 1. The number of aryl methyl sites for hydroxylation is 1. The van der Waals surface area contributed by atoms with Crippen molar-refractivity contribution in [1.29, 1.82) is 0 Å². The third kappa shape index (κ3) is 4.28. The molecule has 0 atom stereocenters. The number of amides is 1. The molecule has 0 radical (unpaired) electrons. The largest absolute Gasteiger partial charge is 0.326 e. The first-order chi connectivity index (χ1) is 10.1. The second-order valence-corrected chi connectivity index (χ2v) is 5.03. The number of ketones is 1. The fraction of sp³-hybridized carbons (Fsp3) is 0.222. The number of carbonyl (C=O) groups is 2. The number of hydrogen-bond acceptors (Lipinski definition) is 2. The molecule has 2 aromatic rings. The second-order valence-electron chi connectivity index (χ2n) is 5.03. The van der Waals surface area contributed by atoms with Gasteiger partial charge in [0.15, 0.2) is 5.78 Å². The van der Waals surface area contributed by atoms with E-state index in [4.69, 9.17) is 0 Å². The first-order valence-corrected chi connectivity index (χ1v) is 7.07. The van der Waals surface area contributed by atoms with Gasteiger partial charge in [0.25, 0.3) is 0 Å². The fourth-order valence-electron chi connectivity index (χ4n) is 2.10. The molecule has 0 aliphatic heterocycles. The maximum Gasteiger partial charge on any atom is 0.228 e. The predicted octanol–water partition coefficient (Wildman–Crippen LogP) is 3.63. The highest BCUT2D eigenvalue weighted by Crippen LogP contribution is 2.12. The van der Waals surface area contributed by atoms with Crippen molar-refractivity contribution in [2.45, 2.75) is 26.7 Å². The number of Topliss-reactive ketones (excluding diaryl/α,β-unsaturated/α-hetero) is 1. The monoisotopic (exact) mass is 281 g/mol. The third-order valence-corrected chi connectivity index (χ3v) is 3.35. The fourth-order valence-corrected chi connectivity index (χ4v) is 2.10. The van der Waals surface area contributed by atoms with Gasteiger partial charge in [-0.1, -0.05) is 43.3 Å². The van der Waals surface area contributed by atoms with Gasteiger partial charge in [0.1, 0.15) is 0 Å². The number of nitrogens with one attached hydrogen (secondary N) is 1. The van der Waals surface area contributed by atoms with Crippen LogP contribution in [0.15, 0.2) is 48.5 Å². The topological polar surface area (TPSA) is 46.2 Å². The quantitative estimate of drug-likeness (QED) is 0.851. The summed E-state index contributed by atoms with van der Waals surface area (Å²) < 4.78 is 0. The summed E-state index contributed by atoms with van der Waals surface area (Å²) in [5.41, 5.74) is 3.48. The number of carbonyl (C=O) groups excluding carboxylic acids is 2. The van der Waals surface area contributed by atoms with E-state index in [2.05, 4.69) is 12.2 Å². The van der Waals surface area contributed by atoms with Gasteiger partial charge < -0.3 is 5.32 Å². The molecule has 0 aliphatic carbocycles. The summed E-state index contributed by atoms with van der Waals surface area (Å²) in [7, 11) is 0. The highest BCUT2D eigenvalue weighted by Gasteiger charge is 2.06. The summed E-state index contributed by atoms with van der Waals surface area (Å²) in [6.07, 6.45) is 1.32. The van der Waals surface area contributed by atoms with Crippen LogP contribution in [0.1, 0.15) is 35.3 Å². The molecule has 1 N–H and O–H groups in total. The maximum atomic E-state index is 12.0. The minimum Gasteiger partial charge on any atom is -0.326 e. The lowest BCUT2D eigenvalue weighted by Crippen LogP contribution is -2.14. The molecule has 0 unspecified atom stereocenters. The molecule has 21 heavy (non-hydrogen) atoms. The van der Waals surface area contributed by atoms with E-state index in [1.165, 1.54) is 12.5 Å². The molecule has 0 saturated carbocycles. The highest BCUT2D eigenvalue weighted by molar-refractivity contribution is 5.97. The SMILES string of the molecule is CCc1ccc(CC(=O)Nc2cccc(C(C)=O)c2)cc1. The van der Waals surface area contributed by atoms with Gasteiger partial charge in [-0.3, -0.25) is 9.59 Å². The van der Waals surface area contributed by atoms with E-state index in [1.807, 2.05) is 24.3 Å². The average Bonchev–Trinajstić information content (AvgIpc) is 2.48. The van der Waals surface area contributed by atoms with Crippen molar-refractivity contribution in [2.24, 2.45) is 0 Å². The maximum absolute atomic E-state index is 12.0. The van der Waals surface area contributed by atoms with Crippen LogP contribution in [0.5, 0.6) is 0 Å². The molecule has 0 aromatic heterocycles. The summed E-state index contributed by atoms with van der Waals surface area (Å²) in [6, 6.07) is 15.0. The predicted molar refractivity (Wildman–Crippen MR) is 84.6 cm³/mol. The summed E-state index contributed by atoms with van der Waals surface area (Å²) in [6.45, 7) is 3.61. The Balaban J connectivity index is 2.00. The summed E-state index contributed by atoms with van der Waals surface area (Å²) in [5, 5.41) is 2.82. The Kier molecular flexibility index (Phi) is 4.88. The van der Waals surface area contributed by atoms with E-state index >= 15 is 0 Å². The average molecular weight is 281 g/mol. The van der Waals surface area contributed by atoms with E-state index in [1.54, 1.807) is 24.3 Å². The summed E-state index contributed by atoms with van der Waals surface area (Å²) >= 11 is 0. The Morgan fingerprint density at radius 2 is 1.67 bits per heavy atom. The van der Waals surface area contributed by atoms with E-state index in [-0.39, 0.29) is 11.7 Å². The van der Waals surface area contributed by atoms with E-state index in [9.17, 15) is 9.59 Å². The van der Waals surface area contributed by atoms with Gasteiger partial charge in [0.05, 0.1) is 6.42 Å². The summed E-state index contributed by atoms with van der Waals surface area (Å²) in [4.78, 5) is 23.3. The molecule has 108 valence electrons. The number of benzene rings is 2. The van der Waals surface area contributed by atoms with Crippen LogP contribution < -0.4 is 5.32 Å². The van der Waals surface area contributed by atoms with Gasteiger partial charge in [-0.05, 0) is 36.6 Å². The van der Waals surface area contributed by atoms with Crippen LogP contribution in [0.3, 0.4) is 0 Å². The second kappa shape index (κ2) is 6.84. The first-order valence-electron chi connectivity index (χ1n) is 7.07. The van der Waals surface area contributed by atoms with Crippen LogP contribution in [0, 0.1) is 0 Å². The molecule has 0 heterocycles. The number of rotatable bonds is 5. The highest BCUT2D eigenvalue weighted by atomic mass is 16.1. The van der Waals surface area contributed by atoms with Crippen LogP contribution >= 0.6 is 0 Å². The van der Waals surface area contributed by atoms with Gasteiger partial charge in [0, 0.05) is 11.3 Å². The zero-order valence-electron chi connectivity index (χ0n) is 12.3.